The standard InChI is InChI=1S/C12H13BrClNO2/c1-7-5-6-10(17-7)12(16)15-9-4-2-3-8(14)11(9)13/h2-4,7,10H,5-6H2,1H3,(H,15,16). The third-order valence-corrected chi connectivity index (χ3v) is 4.13. The lowest BCUT2D eigenvalue weighted by Gasteiger charge is -2.13. The van der Waals surface area contributed by atoms with Gasteiger partial charge in [0, 0.05) is 0 Å². The van der Waals surface area contributed by atoms with Crippen molar-refractivity contribution in [3.8, 4) is 0 Å². The SMILES string of the molecule is CC1CCC(C(=O)Nc2cccc(Cl)c2Br)O1. The number of carbonyl (C=O) groups is 1. The molecule has 3 nitrogen and oxygen atoms in total. The molecule has 92 valence electrons. The van der Waals surface area contributed by atoms with E-state index in [2.05, 4.69) is 21.2 Å². The molecule has 0 bridgehead atoms. The summed E-state index contributed by atoms with van der Waals surface area (Å²) in [6.45, 7) is 1.97. The molecular weight excluding hydrogens is 305 g/mol. The zero-order chi connectivity index (χ0) is 12.4. The van der Waals surface area contributed by atoms with Gasteiger partial charge in [0.1, 0.15) is 6.10 Å². The molecule has 1 saturated heterocycles. The quantitative estimate of drug-likeness (QED) is 0.904. The molecule has 2 unspecified atom stereocenters. The predicted molar refractivity (Wildman–Crippen MR) is 71.4 cm³/mol. The van der Waals surface area contributed by atoms with E-state index >= 15 is 0 Å². The average molecular weight is 319 g/mol. The fraction of sp³-hybridized carbons (Fsp3) is 0.417. The highest BCUT2D eigenvalue weighted by Crippen LogP contribution is 2.30. The summed E-state index contributed by atoms with van der Waals surface area (Å²) in [6, 6.07) is 5.35. The maximum atomic E-state index is 11.9. The number of carbonyl (C=O) groups excluding carboxylic acids is 1. The van der Waals surface area contributed by atoms with Crippen LogP contribution in [0, 0.1) is 0 Å². The van der Waals surface area contributed by atoms with E-state index < -0.39 is 0 Å². The molecule has 1 aliphatic rings. The molecule has 1 aliphatic heterocycles. The normalized spacial score (nSPS) is 23.7. The fourth-order valence-electron chi connectivity index (χ4n) is 1.81. The Morgan fingerprint density at radius 2 is 2.29 bits per heavy atom. The summed E-state index contributed by atoms with van der Waals surface area (Å²) in [5.41, 5.74) is 0.672. The Kier molecular flexibility index (Phi) is 4.07. The van der Waals surface area contributed by atoms with Crippen LogP contribution >= 0.6 is 27.5 Å². The van der Waals surface area contributed by atoms with E-state index in [1.54, 1.807) is 18.2 Å². The second-order valence-corrected chi connectivity index (χ2v) is 5.30. The van der Waals surface area contributed by atoms with Gasteiger partial charge in [-0.2, -0.15) is 0 Å². The van der Waals surface area contributed by atoms with Crippen LogP contribution in [0.2, 0.25) is 5.02 Å². The second kappa shape index (κ2) is 5.38. The Morgan fingerprint density at radius 3 is 2.94 bits per heavy atom. The van der Waals surface area contributed by atoms with Gasteiger partial charge in [-0.1, -0.05) is 17.7 Å². The van der Waals surface area contributed by atoms with Gasteiger partial charge in [0.15, 0.2) is 0 Å². The Bertz CT molecular complexity index is 439. The van der Waals surface area contributed by atoms with Crippen LogP contribution in [0.15, 0.2) is 22.7 Å². The van der Waals surface area contributed by atoms with Crippen molar-refractivity contribution in [2.24, 2.45) is 0 Å². The summed E-state index contributed by atoms with van der Waals surface area (Å²) in [4.78, 5) is 11.9. The van der Waals surface area contributed by atoms with Gasteiger partial charge in [-0.25, -0.2) is 0 Å². The van der Waals surface area contributed by atoms with Crippen LogP contribution in [-0.4, -0.2) is 18.1 Å². The van der Waals surface area contributed by atoms with Crippen LogP contribution in [0.25, 0.3) is 0 Å². The van der Waals surface area contributed by atoms with E-state index in [4.69, 9.17) is 16.3 Å². The first-order valence-electron chi connectivity index (χ1n) is 5.48. The topological polar surface area (TPSA) is 38.3 Å². The third kappa shape index (κ3) is 3.00. The molecular formula is C12H13BrClNO2. The number of anilines is 1. The highest BCUT2D eigenvalue weighted by Gasteiger charge is 2.28. The number of amides is 1. The van der Waals surface area contributed by atoms with Crippen molar-refractivity contribution in [2.75, 3.05) is 5.32 Å². The van der Waals surface area contributed by atoms with E-state index in [0.29, 0.717) is 15.2 Å². The molecule has 1 fully saturated rings. The molecule has 1 aromatic rings. The molecule has 2 atom stereocenters. The number of halogens is 2. The molecule has 1 heterocycles. The Labute approximate surface area is 114 Å². The zero-order valence-corrected chi connectivity index (χ0v) is 11.7. The van der Waals surface area contributed by atoms with Crippen molar-refractivity contribution >= 4 is 39.1 Å². The second-order valence-electron chi connectivity index (χ2n) is 4.10. The number of hydrogen-bond donors (Lipinski definition) is 1. The monoisotopic (exact) mass is 317 g/mol. The number of hydrogen-bond acceptors (Lipinski definition) is 2. The molecule has 0 spiro atoms. The van der Waals surface area contributed by atoms with Crippen molar-refractivity contribution in [2.45, 2.75) is 32.0 Å². The molecule has 5 heteroatoms. The van der Waals surface area contributed by atoms with Gasteiger partial charge < -0.3 is 10.1 Å². The van der Waals surface area contributed by atoms with Gasteiger partial charge in [0.2, 0.25) is 0 Å². The van der Waals surface area contributed by atoms with Crippen LogP contribution in [-0.2, 0) is 9.53 Å². The number of nitrogens with one attached hydrogen (secondary N) is 1. The van der Waals surface area contributed by atoms with Crippen LogP contribution in [0.5, 0.6) is 0 Å². The largest absolute Gasteiger partial charge is 0.365 e. The van der Waals surface area contributed by atoms with E-state index in [1.165, 1.54) is 0 Å². The number of benzene rings is 1. The van der Waals surface area contributed by atoms with Gasteiger partial charge in [-0.05, 0) is 47.8 Å². The Morgan fingerprint density at radius 1 is 1.53 bits per heavy atom. The lowest BCUT2D eigenvalue weighted by Crippen LogP contribution is -2.27. The summed E-state index contributed by atoms with van der Waals surface area (Å²) in [6.07, 6.45) is 1.50. The molecule has 0 aliphatic carbocycles. The summed E-state index contributed by atoms with van der Waals surface area (Å²) < 4.78 is 6.20. The fourth-order valence-corrected chi connectivity index (χ4v) is 2.35. The molecule has 1 N–H and O–H groups in total. The Hall–Kier alpha value is -0.580. The zero-order valence-electron chi connectivity index (χ0n) is 9.37. The predicted octanol–water partition coefficient (Wildman–Crippen LogP) is 3.61. The minimum atomic E-state index is -0.351. The maximum absolute atomic E-state index is 11.9. The van der Waals surface area contributed by atoms with Gasteiger partial charge in [0.05, 0.1) is 21.3 Å². The number of ether oxygens (including phenoxy) is 1. The van der Waals surface area contributed by atoms with Crippen molar-refractivity contribution in [1.82, 2.24) is 0 Å². The first-order valence-corrected chi connectivity index (χ1v) is 6.65. The van der Waals surface area contributed by atoms with E-state index in [1.807, 2.05) is 6.92 Å². The maximum Gasteiger partial charge on any atom is 0.253 e. The van der Waals surface area contributed by atoms with Gasteiger partial charge >= 0.3 is 0 Å². The molecule has 1 aromatic carbocycles. The first-order chi connectivity index (χ1) is 8.08. The average Bonchev–Trinajstić information content (AvgIpc) is 2.72. The van der Waals surface area contributed by atoms with E-state index in [0.717, 1.165) is 12.8 Å². The molecule has 0 aromatic heterocycles. The lowest BCUT2D eigenvalue weighted by molar-refractivity contribution is -0.126. The van der Waals surface area contributed by atoms with Crippen molar-refractivity contribution in [1.29, 1.82) is 0 Å². The van der Waals surface area contributed by atoms with Gasteiger partial charge in [-0.3, -0.25) is 4.79 Å². The molecule has 17 heavy (non-hydrogen) atoms. The lowest BCUT2D eigenvalue weighted by atomic mass is 10.2. The highest BCUT2D eigenvalue weighted by molar-refractivity contribution is 9.10. The summed E-state index contributed by atoms with van der Waals surface area (Å²) >= 11 is 9.29. The minimum absolute atomic E-state index is 0.114. The molecule has 0 radical (unpaired) electrons. The third-order valence-electron chi connectivity index (χ3n) is 2.73. The van der Waals surface area contributed by atoms with Crippen molar-refractivity contribution in [3.63, 3.8) is 0 Å². The van der Waals surface area contributed by atoms with Crippen LogP contribution in [0.1, 0.15) is 19.8 Å². The van der Waals surface area contributed by atoms with Gasteiger partial charge in [-0.15, -0.1) is 0 Å². The summed E-state index contributed by atoms with van der Waals surface area (Å²) in [5.74, 6) is -0.114. The molecule has 2 rings (SSSR count). The smallest absolute Gasteiger partial charge is 0.253 e. The van der Waals surface area contributed by atoms with Crippen LogP contribution in [0.3, 0.4) is 0 Å². The van der Waals surface area contributed by atoms with Crippen molar-refractivity contribution < 1.29 is 9.53 Å². The van der Waals surface area contributed by atoms with Gasteiger partial charge in [0.25, 0.3) is 5.91 Å². The highest BCUT2D eigenvalue weighted by atomic mass is 79.9. The minimum Gasteiger partial charge on any atom is -0.365 e. The van der Waals surface area contributed by atoms with Crippen LogP contribution < -0.4 is 5.32 Å². The summed E-state index contributed by atoms with van der Waals surface area (Å²) in [5, 5.41) is 3.39. The Balaban J connectivity index is 2.06. The number of rotatable bonds is 2. The van der Waals surface area contributed by atoms with E-state index in [9.17, 15) is 4.79 Å². The summed E-state index contributed by atoms with van der Waals surface area (Å²) in [7, 11) is 0. The van der Waals surface area contributed by atoms with Crippen molar-refractivity contribution in [3.05, 3.63) is 27.7 Å². The molecule has 1 amide bonds. The molecule has 0 saturated carbocycles. The van der Waals surface area contributed by atoms with Crippen LogP contribution in [0.4, 0.5) is 5.69 Å². The van der Waals surface area contributed by atoms with E-state index in [-0.39, 0.29) is 18.1 Å². The first kappa shape index (κ1) is 12.9.